The number of amides is 1. The van der Waals surface area contributed by atoms with Crippen molar-refractivity contribution in [3.05, 3.63) is 39.9 Å². The number of hydrogen-bond donors (Lipinski definition) is 1. The molecule has 1 aromatic rings. The minimum atomic E-state index is -0.550. The number of carbonyl (C=O) groups is 1. The zero-order chi connectivity index (χ0) is 12.0. The predicted octanol–water partition coefficient (Wildman–Crippen LogP) is 1.72. The number of nitro groups is 1. The van der Waals surface area contributed by atoms with Gasteiger partial charge in [0.15, 0.2) is 0 Å². The van der Waals surface area contributed by atoms with E-state index >= 15 is 0 Å². The fraction of sp³-hybridized carbons (Fsp3) is 0.200. The number of non-ortho nitro benzene ring substituents is 1. The highest BCUT2D eigenvalue weighted by atomic mass is 16.6. The van der Waals surface area contributed by atoms with Gasteiger partial charge < -0.3 is 0 Å². The molecule has 84 valence electrons. The first-order chi connectivity index (χ1) is 7.65. The Balaban J connectivity index is 2.79. The summed E-state index contributed by atoms with van der Waals surface area (Å²) in [6.07, 6.45) is 2.24. The summed E-state index contributed by atoms with van der Waals surface area (Å²) in [5.74, 6) is -0.464. The molecule has 0 aromatic heterocycles. The molecule has 6 heteroatoms. The molecule has 0 fully saturated rings. The van der Waals surface area contributed by atoms with Gasteiger partial charge in [-0.1, -0.05) is 13.0 Å². The summed E-state index contributed by atoms with van der Waals surface area (Å²) in [5.41, 5.74) is 2.37. The van der Waals surface area contributed by atoms with Gasteiger partial charge in [-0.25, -0.2) is 5.43 Å². The van der Waals surface area contributed by atoms with E-state index in [-0.39, 0.29) is 11.3 Å². The summed E-state index contributed by atoms with van der Waals surface area (Å²) in [4.78, 5) is 21.4. The van der Waals surface area contributed by atoms with Gasteiger partial charge in [0.05, 0.1) is 4.92 Å². The van der Waals surface area contributed by atoms with Crippen molar-refractivity contribution >= 4 is 17.8 Å². The van der Waals surface area contributed by atoms with Crippen molar-refractivity contribution in [1.29, 1.82) is 0 Å². The minimum Gasteiger partial charge on any atom is -0.267 e. The van der Waals surface area contributed by atoms with Crippen molar-refractivity contribution in [2.75, 3.05) is 0 Å². The van der Waals surface area contributed by atoms with Crippen LogP contribution in [0.1, 0.15) is 23.7 Å². The summed E-state index contributed by atoms with van der Waals surface area (Å²) in [5, 5.41) is 14.1. The summed E-state index contributed by atoms with van der Waals surface area (Å²) >= 11 is 0. The smallest absolute Gasteiger partial charge is 0.267 e. The van der Waals surface area contributed by atoms with E-state index in [0.29, 0.717) is 6.42 Å². The van der Waals surface area contributed by atoms with E-state index in [1.54, 1.807) is 0 Å². The van der Waals surface area contributed by atoms with Crippen LogP contribution >= 0.6 is 0 Å². The number of nitrogens with zero attached hydrogens (tertiary/aromatic N) is 2. The van der Waals surface area contributed by atoms with Crippen LogP contribution in [0.3, 0.4) is 0 Å². The second kappa shape index (κ2) is 5.59. The van der Waals surface area contributed by atoms with Crippen molar-refractivity contribution < 1.29 is 9.72 Å². The zero-order valence-electron chi connectivity index (χ0n) is 8.71. The molecule has 1 aromatic carbocycles. The van der Waals surface area contributed by atoms with Crippen LogP contribution < -0.4 is 5.43 Å². The fourth-order valence-electron chi connectivity index (χ4n) is 1.02. The van der Waals surface area contributed by atoms with Crippen LogP contribution in [-0.2, 0) is 0 Å². The molecular weight excluding hydrogens is 210 g/mol. The quantitative estimate of drug-likeness (QED) is 0.477. The molecule has 0 aliphatic rings. The topological polar surface area (TPSA) is 84.6 Å². The Labute approximate surface area is 92.1 Å². The molecule has 0 saturated carbocycles. The van der Waals surface area contributed by atoms with Crippen molar-refractivity contribution in [1.82, 2.24) is 5.43 Å². The van der Waals surface area contributed by atoms with E-state index in [2.05, 4.69) is 10.5 Å². The number of nitrogens with one attached hydrogen (secondary N) is 1. The number of hydrazone groups is 1. The van der Waals surface area contributed by atoms with Gasteiger partial charge in [0, 0.05) is 23.9 Å². The molecule has 0 bridgehead atoms. The largest absolute Gasteiger partial charge is 0.271 e. The lowest BCUT2D eigenvalue weighted by Crippen LogP contribution is -2.17. The molecule has 0 aliphatic carbocycles. The van der Waals surface area contributed by atoms with Crippen molar-refractivity contribution in [2.45, 2.75) is 13.3 Å². The molecule has 0 atom stereocenters. The third kappa shape index (κ3) is 3.16. The fourth-order valence-corrected chi connectivity index (χ4v) is 1.02. The average molecular weight is 221 g/mol. The summed E-state index contributed by atoms with van der Waals surface area (Å²) in [7, 11) is 0. The Morgan fingerprint density at radius 2 is 2.38 bits per heavy atom. The Bertz CT molecular complexity index is 429. The highest BCUT2D eigenvalue weighted by molar-refractivity contribution is 5.94. The van der Waals surface area contributed by atoms with Gasteiger partial charge >= 0.3 is 0 Å². The second-order valence-electron chi connectivity index (χ2n) is 2.97. The standard InChI is InChI=1S/C10H11N3O3/c1-2-6-11-12-10(14)8-4-3-5-9(7-8)13(15)16/h3-7H,2H2,1H3,(H,12,14)/b11-6+. The van der Waals surface area contributed by atoms with Crippen LogP contribution in [0.5, 0.6) is 0 Å². The van der Waals surface area contributed by atoms with Crippen molar-refractivity contribution in [3.8, 4) is 0 Å². The molecular formula is C10H11N3O3. The number of rotatable bonds is 4. The third-order valence-electron chi connectivity index (χ3n) is 1.76. The highest BCUT2D eigenvalue weighted by Gasteiger charge is 2.10. The lowest BCUT2D eigenvalue weighted by molar-refractivity contribution is -0.384. The Morgan fingerprint density at radius 3 is 3.00 bits per heavy atom. The summed E-state index contributed by atoms with van der Waals surface area (Å²) in [6, 6.07) is 5.48. The number of nitro benzene ring substituents is 1. The maximum atomic E-state index is 11.4. The monoisotopic (exact) mass is 221 g/mol. The first-order valence-corrected chi connectivity index (χ1v) is 4.71. The van der Waals surface area contributed by atoms with Crippen LogP contribution in [0.25, 0.3) is 0 Å². The van der Waals surface area contributed by atoms with Gasteiger partial charge in [0.1, 0.15) is 0 Å². The molecule has 0 unspecified atom stereocenters. The van der Waals surface area contributed by atoms with Gasteiger partial charge in [0.2, 0.25) is 0 Å². The summed E-state index contributed by atoms with van der Waals surface area (Å²) < 4.78 is 0. The first-order valence-electron chi connectivity index (χ1n) is 4.71. The Kier molecular flexibility index (Phi) is 4.14. The minimum absolute atomic E-state index is 0.118. The molecule has 0 heterocycles. The lowest BCUT2D eigenvalue weighted by Gasteiger charge is -1.99. The second-order valence-corrected chi connectivity index (χ2v) is 2.97. The molecule has 0 aliphatic heterocycles. The third-order valence-corrected chi connectivity index (χ3v) is 1.76. The molecule has 0 radical (unpaired) electrons. The van der Waals surface area contributed by atoms with Gasteiger partial charge in [0.25, 0.3) is 11.6 Å². The van der Waals surface area contributed by atoms with Gasteiger partial charge in [-0.15, -0.1) is 0 Å². The molecule has 1 N–H and O–H groups in total. The molecule has 1 rings (SSSR count). The van der Waals surface area contributed by atoms with Gasteiger partial charge in [-0.2, -0.15) is 5.10 Å². The molecule has 16 heavy (non-hydrogen) atoms. The summed E-state index contributed by atoms with van der Waals surface area (Å²) in [6.45, 7) is 1.88. The average Bonchev–Trinajstić information content (AvgIpc) is 2.29. The number of hydrogen-bond acceptors (Lipinski definition) is 4. The van der Waals surface area contributed by atoms with Crippen molar-refractivity contribution in [3.63, 3.8) is 0 Å². The van der Waals surface area contributed by atoms with Gasteiger partial charge in [-0.05, 0) is 12.5 Å². The van der Waals surface area contributed by atoms with Crippen LogP contribution in [0, 0.1) is 10.1 Å². The van der Waals surface area contributed by atoms with Crippen LogP contribution in [0.15, 0.2) is 29.4 Å². The number of carbonyl (C=O) groups excluding carboxylic acids is 1. The van der Waals surface area contributed by atoms with E-state index in [0.717, 1.165) is 0 Å². The lowest BCUT2D eigenvalue weighted by atomic mass is 10.2. The normalized spacial score (nSPS) is 10.3. The SMILES string of the molecule is CC/C=N/NC(=O)c1cccc([N+](=O)[O-])c1. The first kappa shape index (κ1) is 11.8. The van der Waals surface area contributed by atoms with E-state index in [1.165, 1.54) is 30.5 Å². The van der Waals surface area contributed by atoms with Crippen molar-refractivity contribution in [2.24, 2.45) is 5.10 Å². The maximum Gasteiger partial charge on any atom is 0.271 e. The molecule has 0 spiro atoms. The Hall–Kier alpha value is -2.24. The van der Waals surface area contributed by atoms with E-state index in [1.807, 2.05) is 6.92 Å². The Morgan fingerprint density at radius 1 is 1.62 bits per heavy atom. The molecule has 6 nitrogen and oxygen atoms in total. The number of benzene rings is 1. The maximum absolute atomic E-state index is 11.4. The van der Waals surface area contributed by atoms with Crippen LogP contribution in [0.4, 0.5) is 5.69 Å². The predicted molar refractivity (Wildman–Crippen MR) is 59.3 cm³/mol. The molecule has 1 amide bonds. The van der Waals surface area contributed by atoms with Crippen LogP contribution in [-0.4, -0.2) is 17.0 Å². The van der Waals surface area contributed by atoms with E-state index in [4.69, 9.17) is 0 Å². The highest BCUT2D eigenvalue weighted by Crippen LogP contribution is 2.12. The zero-order valence-corrected chi connectivity index (χ0v) is 8.71. The van der Waals surface area contributed by atoms with E-state index < -0.39 is 10.8 Å². The van der Waals surface area contributed by atoms with Gasteiger partial charge in [-0.3, -0.25) is 14.9 Å². The molecule has 0 saturated heterocycles. The van der Waals surface area contributed by atoms with E-state index in [9.17, 15) is 14.9 Å². The van der Waals surface area contributed by atoms with Crippen LogP contribution in [0.2, 0.25) is 0 Å².